The van der Waals surface area contributed by atoms with Crippen LogP contribution in [0.1, 0.15) is 6.92 Å². The Morgan fingerprint density at radius 2 is 1.79 bits per heavy atom. The molecule has 0 amide bonds. The smallest absolute Gasteiger partial charge is 0.344 e. The molecule has 6 heteroatoms. The highest BCUT2D eigenvalue weighted by molar-refractivity contribution is 5.88. The van der Waals surface area contributed by atoms with E-state index in [0.29, 0.717) is 0 Å². The predicted octanol–water partition coefficient (Wildman–Crippen LogP) is -0.267. The molecule has 0 bridgehead atoms. The average Bonchev–Trinajstić information content (AvgIpc) is 2.10. The van der Waals surface area contributed by atoms with Crippen molar-refractivity contribution in [3.05, 3.63) is 12.2 Å². The van der Waals surface area contributed by atoms with Crippen molar-refractivity contribution in [3.63, 3.8) is 0 Å². The fourth-order valence-corrected chi connectivity index (χ4v) is 0.432. The first-order valence-electron chi connectivity index (χ1n) is 3.63. The molecule has 0 atom stereocenters. The zero-order chi connectivity index (χ0) is 11.1. The van der Waals surface area contributed by atoms with Gasteiger partial charge in [0.1, 0.15) is 0 Å². The Kier molecular flexibility index (Phi) is 4.98. The van der Waals surface area contributed by atoms with Gasteiger partial charge in [-0.3, -0.25) is 0 Å². The van der Waals surface area contributed by atoms with Crippen LogP contribution in [0.25, 0.3) is 0 Å². The molecule has 0 spiro atoms. The zero-order valence-electron chi connectivity index (χ0n) is 7.61. The summed E-state index contributed by atoms with van der Waals surface area (Å²) in [6, 6.07) is 0. The standard InChI is InChI=1S/C8H10O6/c1-5(2)8(12)14-4-7(11)13-3-6(9)10/h1,3-4H2,2H3,(H,9,10). The van der Waals surface area contributed by atoms with Crippen LogP contribution in [0.5, 0.6) is 0 Å². The first-order chi connectivity index (χ1) is 6.43. The van der Waals surface area contributed by atoms with Gasteiger partial charge in [-0.05, 0) is 6.92 Å². The number of hydrogen-bond acceptors (Lipinski definition) is 5. The van der Waals surface area contributed by atoms with Crippen LogP contribution in [0.4, 0.5) is 0 Å². The number of rotatable bonds is 5. The van der Waals surface area contributed by atoms with Crippen molar-refractivity contribution in [2.45, 2.75) is 6.92 Å². The Bertz CT molecular complexity index is 267. The molecule has 0 aliphatic carbocycles. The molecule has 6 nitrogen and oxygen atoms in total. The monoisotopic (exact) mass is 202 g/mol. The molecule has 0 aromatic rings. The maximum absolute atomic E-state index is 10.7. The number of carboxylic acid groups (broad SMARTS) is 1. The summed E-state index contributed by atoms with van der Waals surface area (Å²) in [4.78, 5) is 31.4. The molecule has 78 valence electrons. The van der Waals surface area contributed by atoms with E-state index in [-0.39, 0.29) is 5.57 Å². The molecule has 0 saturated carbocycles. The van der Waals surface area contributed by atoms with E-state index in [1.54, 1.807) is 0 Å². The van der Waals surface area contributed by atoms with Crippen LogP contribution in [0.3, 0.4) is 0 Å². The van der Waals surface area contributed by atoms with Crippen LogP contribution in [-0.2, 0) is 23.9 Å². The van der Waals surface area contributed by atoms with Crippen molar-refractivity contribution >= 4 is 17.9 Å². The second-order valence-corrected chi connectivity index (χ2v) is 2.41. The van der Waals surface area contributed by atoms with E-state index in [0.717, 1.165) is 0 Å². The second kappa shape index (κ2) is 5.74. The highest BCUT2D eigenvalue weighted by Gasteiger charge is 2.10. The summed E-state index contributed by atoms with van der Waals surface area (Å²) < 4.78 is 8.58. The molecule has 0 heterocycles. The van der Waals surface area contributed by atoms with E-state index in [4.69, 9.17) is 5.11 Å². The van der Waals surface area contributed by atoms with Gasteiger partial charge in [0.2, 0.25) is 0 Å². The van der Waals surface area contributed by atoms with Crippen LogP contribution >= 0.6 is 0 Å². The fourth-order valence-electron chi connectivity index (χ4n) is 0.432. The second-order valence-electron chi connectivity index (χ2n) is 2.41. The van der Waals surface area contributed by atoms with Crippen molar-refractivity contribution in [3.8, 4) is 0 Å². The maximum atomic E-state index is 10.7. The van der Waals surface area contributed by atoms with Gasteiger partial charge in [-0.1, -0.05) is 6.58 Å². The molecule has 0 saturated heterocycles. The highest BCUT2D eigenvalue weighted by Crippen LogP contribution is 1.92. The van der Waals surface area contributed by atoms with Crippen LogP contribution < -0.4 is 0 Å². The summed E-state index contributed by atoms with van der Waals surface area (Å²) in [5, 5.41) is 8.13. The lowest BCUT2D eigenvalue weighted by atomic mass is 10.4. The minimum atomic E-state index is -1.27. The van der Waals surface area contributed by atoms with Gasteiger partial charge in [0, 0.05) is 5.57 Å². The topological polar surface area (TPSA) is 89.9 Å². The maximum Gasteiger partial charge on any atom is 0.344 e. The fraction of sp³-hybridized carbons (Fsp3) is 0.375. The number of esters is 2. The Hall–Kier alpha value is -1.85. The van der Waals surface area contributed by atoms with Crippen molar-refractivity contribution in [1.29, 1.82) is 0 Å². The molecular weight excluding hydrogens is 192 g/mol. The number of carbonyl (C=O) groups excluding carboxylic acids is 2. The summed E-state index contributed by atoms with van der Waals surface area (Å²) in [6.07, 6.45) is 0. The first kappa shape index (κ1) is 12.2. The lowest BCUT2D eigenvalue weighted by molar-refractivity contribution is -0.161. The van der Waals surface area contributed by atoms with E-state index in [1.807, 2.05) is 0 Å². The third-order valence-corrected chi connectivity index (χ3v) is 1.03. The van der Waals surface area contributed by atoms with Gasteiger partial charge in [0.25, 0.3) is 0 Å². The minimum Gasteiger partial charge on any atom is -0.479 e. The highest BCUT2D eigenvalue weighted by atomic mass is 16.6. The van der Waals surface area contributed by atoms with E-state index < -0.39 is 31.1 Å². The van der Waals surface area contributed by atoms with Crippen molar-refractivity contribution in [1.82, 2.24) is 0 Å². The number of carboxylic acids is 1. The lowest BCUT2D eigenvalue weighted by Gasteiger charge is -2.03. The predicted molar refractivity (Wildman–Crippen MR) is 44.4 cm³/mol. The van der Waals surface area contributed by atoms with Gasteiger partial charge in [-0.15, -0.1) is 0 Å². The van der Waals surface area contributed by atoms with Crippen LogP contribution in [0.15, 0.2) is 12.2 Å². The van der Waals surface area contributed by atoms with Gasteiger partial charge < -0.3 is 14.6 Å². The van der Waals surface area contributed by atoms with Crippen LogP contribution in [-0.4, -0.2) is 36.2 Å². The van der Waals surface area contributed by atoms with Gasteiger partial charge in [0.15, 0.2) is 13.2 Å². The van der Waals surface area contributed by atoms with Crippen molar-refractivity contribution < 1.29 is 29.0 Å². The summed E-state index contributed by atoms with van der Waals surface area (Å²) in [6.45, 7) is 3.35. The molecule has 0 radical (unpaired) electrons. The van der Waals surface area contributed by atoms with Gasteiger partial charge in [-0.25, -0.2) is 14.4 Å². The third kappa shape index (κ3) is 5.76. The quantitative estimate of drug-likeness (QED) is 0.487. The number of carbonyl (C=O) groups is 3. The van der Waals surface area contributed by atoms with E-state index in [2.05, 4.69) is 16.1 Å². The van der Waals surface area contributed by atoms with Gasteiger partial charge >= 0.3 is 17.9 Å². The van der Waals surface area contributed by atoms with E-state index in [1.165, 1.54) is 6.92 Å². The summed E-state index contributed by atoms with van der Waals surface area (Å²) in [5.41, 5.74) is 0.149. The Morgan fingerprint density at radius 1 is 1.21 bits per heavy atom. The van der Waals surface area contributed by atoms with Crippen molar-refractivity contribution in [2.75, 3.05) is 13.2 Å². The molecule has 0 aromatic heterocycles. The number of hydrogen-bond donors (Lipinski definition) is 1. The minimum absolute atomic E-state index is 0.149. The van der Waals surface area contributed by atoms with E-state index >= 15 is 0 Å². The Morgan fingerprint density at radius 3 is 2.21 bits per heavy atom. The molecule has 0 aliphatic rings. The Labute approximate surface area is 80.1 Å². The molecule has 1 N–H and O–H groups in total. The molecular formula is C8H10O6. The Balaban J connectivity index is 3.69. The van der Waals surface area contributed by atoms with Crippen molar-refractivity contribution in [2.24, 2.45) is 0 Å². The molecule has 0 aromatic carbocycles. The summed E-state index contributed by atoms with van der Waals surface area (Å²) in [7, 11) is 0. The molecule has 0 aliphatic heterocycles. The zero-order valence-corrected chi connectivity index (χ0v) is 7.61. The van der Waals surface area contributed by atoms with Crippen LogP contribution in [0.2, 0.25) is 0 Å². The molecule has 14 heavy (non-hydrogen) atoms. The SMILES string of the molecule is C=C(C)C(=O)OCC(=O)OCC(=O)O. The lowest BCUT2D eigenvalue weighted by Crippen LogP contribution is -2.19. The van der Waals surface area contributed by atoms with Gasteiger partial charge in [0.05, 0.1) is 0 Å². The number of ether oxygens (including phenoxy) is 2. The summed E-state index contributed by atoms with van der Waals surface area (Å²) in [5.74, 6) is -2.91. The normalized spacial score (nSPS) is 8.93. The molecule has 0 fully saturated rings. The van der Waals surface area contributed by atoms with E-state index in [9.17, 15) is 14.4 Å². The van der Waals surface area contributed by atoms with Crippen LogP contribution in [0, 0.1) is 0 Å². The number of aliphatic carboxylic acids is 1. The summed E-state index contributed by atoms with van der Waals surface area (Å²) >= 11 is 0. The largest absolute Gasteiger partial charge is 0.479 e. The average molecular weight is 202 g/mol. The third-order valence-electron chi connectivity index (χ3n) is 1.03. The molecule has 0 unspecified atom stereocenters. The first-order valence-corrected chi connectivity index (χ1v) is 3.63. The van der Waals surface area contributed by atoms with Gasteiger partial charge in [-0.2, -0.15) is 0 Å². The molecule has 0 rings (SSSR count).